The molecule has 42 valence electrons. The van der Waals surface area contributed by atoms with Gasteiger partial charge in [0.05, 0.1) is 0 Å². The zero-order valence-electron chi connectivity index (χ0n) is 4.28. The molecule has 0 aromatic heterocycles. The zero-order valence-corrected chi connectivity index (χ0v) is 8.02. The van der Waals surface area contributed by atoms with Gasteiger partial charge >= 0.3 is 23.1 Å². The summed E-state index contributed by atoms with van der Waals surface area (Å²) in [6.07, 6.45) is 3.28. The van der Waals surface area contributed by atoms with E-state index in [1.54, 1.807) is 12.5 Å². The summed E-state index contributed by atoms with van der Waals surface area (Å²) in [4.78, 5) is 0. The Balaban J connectivity index is -0.0000000150. The maximum Gasteiger partial charge on any atom is 2.00 e. The first-order chi connectivity index (χ1) is 1.73. The number of hydrogen-bond acceptors (Lipinski definition) is 1. The van der Waals surface area contributed by atoms with Gasteiger partial charge in [-0.15, -0.1) is 0 Å². The van der Waals surface area contributed by atoms with E-state index in [9.17, 15) is 4.21 Å². The molecule has 0 heterocycles. The topological polar surface area (TPSA) is 17.1 Å². The fourth-order valence-corrected chi connectivity index (χ4v) is 0. The first-order valence-corrected chi connectivity index (χ1v) is 2.95. The van der Waals surface area contributed by atoms with Crippen molar-refractivity contribution in [3.8, 4) is 0 Å². The fraction of sp³-hybridized carbons (Fsp3) is 1.00. The Bertz CT molecular complexity index is 38.7. The Hall–Kier alpha value is 1.50. The van der Waals surface area contributed by atoms with Gasteiger partial charge in [-0.25, -0.2) is 0 Å². The van der Waals surface area contributed by atoms with Gasteiger partial charge in [0.15, 0.2) is 0 Å². The van der Waals surface area contributed by atoms with E-state index in [1.165, 1.54) is 0 Å². The van der Waals surface area contributed by atoms with Crippen LogP contribution in [-0.4, -0.2) is 39.8 Å². The van der Waals surface area contributed by atoms with Gasteiger partial charge in [0.1, 0.15) is 0 Å². The summed E-state index contributed by atoms with van der Waals surface area (Å²) in [5, 5.41) is 0. The van der Waals surface area contributed by atoms with E-state index >= 15 is 0 Å². The van der Waals surface area contributed by atoms with Crippen LogP contribution in [0.25, 0.3) is 0 Å². The van der Waals surface area contributed by atoms with E-state index < -0.39 is 10.8 Å². The summed E-state index contributed by atoms with van der Waals surface area (Å²) in [5.74, 6) is 0. The van der Waals surface area contributed by atoms with E-state index in [-0.39, 0.29) is 47.9 Å². The van der Waals surface area contributed by atoms with E-state index in [0.717, 1.165) is 0 Å². The summed E-state index contributed by atoms with van der Waals surface area (Å²) in [7, 11) is -0.611. The van der Waals surface area contributed by atoms with Gasteiger partial charge in [-0.3, -0.25) is 4.21 Å². The second kappa shape index (κ2) is 15.6. The molecule has 0 unspecified atom stereocenters. The molecule has 0 atom stereocenters. The molecule has 0 fully saturated rings. The van der Waals surface area contributed by atoms with Crippen LogP contribution in [0.2, 0.25) is 0 Å². The monoisotopic (exact) mass is 172 g/mol. The van der Waals surface area contributed by atoms with Crippen LogP contribution in [-0.2, 0) is 10.8 Å². The molecule has 0 aromatic carbocycles. The molecule has 0 saturated carbocycles. The summed E-state index contributed by atoms with van der Waals surface area (Å²) >= 11 is 0. The summed E-state index contributed by atoms with van der Waals surface area (Å²) in [6.45, 7) is 0. The standard InChI is InChI=1S/C2H6OS.2ClH.Mg/c1-4(2)3;;;/h1-2H3;2*1H;/q;;;+2/p-2. The van der Waals surface area contributed by atoms with Crippen molar-refractivity contribution in [2.45, 2.75) is 0 Å². The van der Waals surface area contributed by atoms with Crippen LogP contribution in [0, 0.1) is 0 Å². The predicted molar refractivity (Wildman–Crippen MR) is 25.7 cm³/mol. The second-order valence-corrected chi connectivity index (χ2v) is 2.22. The quantitative estimate of drug-likeness (QED) is 0.333. The van der Waals surface area contributed by atoms with E-state index in [0.29, 0.717) is 0 Å². The van der Waals surface area contributed by atoms with Gasteiger partial charge in [0, 0.05) is 23.3 Å². The molecule has 0 aliphatic rings. The molecule has 0 aromatic rings. The summed E-state index contributed by atoms with van der Waals surface area (Å²) in [6, 6.07) is 0. The van der Waals surface area contributed by atoms with Crippen molar-refractivity contribution >= 4 is 33.9 Å². The van der Waals surface area contributed by atoms with Crippen molar-refractivity contribution < 1.29 is 29.0 Å². The summed E-state index contributed by atoms with van der Waals surface area (Å²) < 4.78 is 9.56. The van der Waals surface area contributed by atoms with Gasteiger partial charge in [0.2, 0.25) is 0 Å². The molecule has 0 spiro atoms. The smallest absolute Gasteiger partial charge is 1.00 e. The Labute approximate surface area is 75.1 Å². The minimum Gasteiger partial charge on any atom is -1.00 e. The van der Waals surface area contributed by atoms with Gasteiger partial charge in [-0.1, -0.05) is 0 Å². The molecular formula is C2H6Cl2MgOS. The Morgan fingerprint density at radius 1 is 1.14 bits per heavy atom. The third-order valence-corrected chi connectivity index (χ3v) is 0. The molecule has 0 aliphatic carbocycles. The average molecular weight is 173 g/mol. The minimum absolute atomic E-state index is 0. The molecular weight excluding hydrogens is 167 g/mol. The van der Waals surface area contributed by atoms with Crippen LogP contribution in [0.3, 0.4) is 0 Å². The van der Waals surface area contributed by atoms with Gasteiger partial charge in [-0.05, 0) is 0 Å². The van der Waals surface area contributed by atoms with Crippen LogP contribution in [0.4, 0.5) is 0 Å². The van der Waals surface area contributed by atoms with E-state index in [1.807, 2.05) is 0 Å². The molecule has 0 radical (unpaired) electrons. The first-order valence-electron chi connectivity index (χ1n) is 0.983. The van der Waals surface area contributed by atoms with Crippen molar-refractivity contribution in [3.63, 3.8) is 0 Å². The van der Waals surface area contributed by atoms with Crippen LogP contribution in [0.5, 0.6) is 0 Å². The van der Waals surface area contributed by atoms with Gasteiger partial charge < -0.3 is 24.8 Å². The molecule has 1 nitrogen and oxygen atoms in total. The molecule has 0 N–H and O–H groups in total. The largest absolute Gasteiger partial charge is 2.00 e. The average Bonchev–Trinajstić information content (AvgIpc) is 0.811. The predicted octanol–water partition coefficient (Wildman–Crippen LogP) is -6.38. The molecule has 0 rings (SSSR count). The van der Waals surface area contributed by atoms with Crippen molar-refractivity contribution in [2.24, 2.45) is 0 Å². The Morgan fingerprint density at radius 3 is 1.14 bits per heavy atom. The van der Waals surface area contributed by atoms with Crippen molar-refractivity contribution in [3.05, 3.63) is 0 Å². The van der Waals surface area contributed by atoms with E-state index in [2.05, 4.69) is 0 Å². The minimum atomic E-state index is -0.611. The first kappa shape index (κ1) is 23.6. The van der Waals surface area contributed by atoms with Crippen LogP contribution < -0.4 is 24.8 Å². The Morgan fingerprint density at radius 2 is 1.14 bits per heavy atom. The number of rotatable bonds is 0. The van der Waals surface area contributed by atoms with Crippen LogP contribution in [0.15, 0.2) is 0 Å². The zero-order chi connectivity index (χ0) is 3.58. The molecule has 0 aliphatic heterocycles. The number of halogens is 2. The van der Waals surface area contributed by atoms with Crippen molar-refractivity contribution in [1.82, 2.24) is 0 Å². The molecule has 7 heavy (non-hydrogen) atoms. The summed E-state index contributed by atoms with van der Waals surface area (Å²) in [5.41, 5.74) is 0. The van der Waals surface area contributed by atoms with Gasteiger partial charge in [0.25, 0.3) is 0 Å². The maximum absolute atomic E-state index is 9.56. The second-order valence-electron chi connectivity index (χ2n) is 0.742. The van der Waals surface area contributed by atoms with Gasteiger partial charge in [-0.2, -0.15) is 0 Å². The molecule has 0 saturated heterocycles. The van der Waals surface area contributed by atoms with E-state index in [4.69, 9.17) is 0 Å². The molecule has 5 heteroatoms. The maximum atomic E-state index is 9.56. The molecule has 0 amide bonds. The third kappa shape index (κ3) is 101. The number of hydrogen-bond donors (Lipinski definition) is 0. The van der Waals surface area contributed by atoms with Crippen LogP contribution in [0.1, 0.15) is 0 Å². The van der Waals surface area contributed by atoms with Crippen molar-refractivity contribution in [1.29, 1.82) is 0 Å². The van der Waals surface area contributed by atoms with Crippen LogP contribution >= 0.6 is 0 Å². The molecule has 0 bridgehead atoms. The third-order valence-electron chi connectivity index (χ3n) is 0. The Kier molecular flexibility index (Phi) is 52.8. The van der Waals surface area contributed by atoms with Crippen molar-refractivity contribution in [2.75, 3.05) is 12.5 Å². The SMILES string of the molecule is CS(C)=O.[Cl-].[Cl-].[Mg+2]. The normalized spacial score (nSPS) is 5.00. The fourth-order valence-electron chi connectivity index (χ4n) is 0.